The van der Waals surface area contributed by atoms with Crippen molar-refractivity contribution in [2.75, 3.05) is 6.54 Å². The van der Waals surface area contributed by atoms with E-state index < -0.39 is 12.1 Å². The van der Waals surface area contributed by atoms with Gasteiger partial charge < -0.3 is 20.5 Å². The van der Waals surface area contributed by atoms with Gasteiger partial charge in [-0.25, -0.2) is 4.68 Å². The number of amides is 1. The van der Waals surface area contributed by atoms with E-state index in [0.29, 0.717) is 19.5 Å². The van der Waals surface area contributed by atoms with Crippen molar-refractivity contribution in [3.05, 3.63) is 112 Å². The first-order chi connectivity index (χ1) is 20.5. The first kappa shape index (κ1) is 28.6. The molecule has 2 heterocycles. The quantitative estimate of drug-likeness (QED) is 0.221. The number of ether oxygens (including phenoxy) is 1. The molecule has 1 spiro atoms. The second-order valence-corrected chi connectivity index (χ2v) is 12.4. The number of nitrogens with zero attached hydrogens (tertiary/aromatic N) is 3. The van der Waals surface area contributed by atoms with Gasteiger partial charge in [0.1, 0.15) is 11.4 Å². The summed E-state index contributed by atoms with van der Waals surface area (Å²) in [6.07, 6.45) is 5.58. The van der Waals surface area contributed by atoms with E-state index in [1.807, 2.05) is 72.8 Å². The van der Waals surface area contributed by atoms with E-state index in [4.69, 9.17) is 4.74 Å². The smallest absolute Gasteiger partial charge is 0.226 e. The summed E-state index contributed by atoms with van der Waals surface area (Å²) in [6, 6.07) is 25.6. The molecule has 1 aromatic heterocycles. The van der Waals surface area contributed by atoms with Crippen LogP contribution in [0.4, 0.5) is 0 Å². The number of aromatic nitrogens is 3. The van der Waals surface area contributed by atoms with Crippen LogP contribution in [0.15, 0.2) is 89.5 Å². The molecular formula is C33H36BrN5O3. The van der Waals surface area contributed by atoms with E-state index in [0.717, 1.165) is 51.9 Å². The Hall–Kier alpha value is -3.53. The number of hydrogen-bond donors (Lipinski definition) is 3. The van der Waals surface area contributed by atoms with Crippen LogP contribution in [-0.2, 0) is 24.2 Å². The summed E-state index contributed by atoms with van der Waals surface area (Å²) in [5.74, 6) is 0.728. The Bertz CT molecular complexity index is 1490. The Kier molecular flexibility index (Phi) is 8.69. The molecule has 1 aliphatic carbocycles. The van der Waals surface area contributed by atoms with Crippen LogP contribution in [0.3, 0.4) is 0 Å². The number of carbonyl (C=O) groups is 1. The summed E-state index contributed by atoms with van der Waals surface area (Å²) in [5, 5.41) is 26.5. The summed E-state index contributed by atoms with van der Waals surface area (Å²) < 4.78 is 9.17. The summed E-state index contributed by atoms with van der Waals surface area (Å²) in [6.45, 7) is 0.867. The largest absolute Gasteiger partial charge is 0.487 e. The van der Waals surface area contributed by atoms with Gasteiger partial charge in [-0.3, -0.25) is 4.79 Å². The SMILES string of the molecule is O=C(Cc1cnnn1Cc1ccccc1)N[C@@H](Cc1ccccc1)[C@H](O)CN[C@H]1CC2(CCC2)Oc2ccc(Br)cc21. The highest BCUT2D eigenvalue weighted by atomic mass is 79.9. The molecule has 4 aromatic rings. The molecule has 0 saturated heterocycles. The van der Waals surface area contributed by atoms with Crippen LogP contribution >= 0.6 is 15.9 Å². The highest BCUT2D eigenvalue weighted by Crippen LogP contribution is 2.49. The monoisotopic (exact) mass is 629 g/mol. The number of aliphatic hydroxyl groups is 1. The van der Waals surface area contributed by atoms with Crippen molar-refractivity contribution in [2.45, 2.75) is 68.9 Å². The van der Waals surface area contributed by atoms with Crippen LogP contribution in [0.2, 0.25) is 0 Å². The number of aliphatic hydroxyl groups excluding tert-OH is 1. The lowest BCUT2D eigenvalue weighted by Gasteiger charge is -2.48. The minimum Gasteiger partial charge on any atom is -0.487 e. The molecule has 42 heavy (non-hydrogen) atoms. The molecule has 2 aliphatic rings. The van der Waals surface area contributed by atoms with Gasteiger partial charge in [0.25, 0.3) is 0 Å². The second-order valence-electron chi connectivity index (χ2n) is 11.5. The second kappa shape index (κ2) is 12.8. The van der Waals surface area contributed by atoms with Gasteiger partial charge in [-0.2, -0.15) is 0 Å². The summed E-state index contributed by atoms with van der Waals surface area (Å²) in [7, 11) is 0. The number of benzene rings is 3. The van der Waals surface area contributed by atoms with Crippen molar-refractivity contribution in [2.24, 2.45) is 0 Å². The number of fused-ring (bicyclic) bond motifs is 1. The third-order valence-corrected chi connectivity index (χ3v) is 8.91. The molecule has 8 nitrogen and oxygen atoms in total. The van der Waals surface area contributed by atoms with Crippen molar-refractivity contribution < 1.29 is 14.6 Å². The molecule has 3 aromatic carbocycles. The molecule has 9 heteroatoms. The minimum absolute atomic E-state index is 0.0488. The summed E-state index contributed by atoms with van der Waals surface area (Å²) in [4.78, 5) is 13.3. The lowest BCUT2D eigenvalue weighted by Crippen LogP contribution is -2.52. The van der Waals surface area contributed by atoms with Gasteiger partial charge in [0.2, 0.25) is 5.91 Å². The van der Waals surface area contributed by atoms with Crippen molar-refractivity contribution in [1.82, 2.24) is 25.6 Å². The minimum atomic E-state index is -0.808. The molecule has 218 valence electrons. The maximum Gasteiger partial charge on any atom is 0.226 e. The molecule has 3 atom stereocenters. The maximum atomic E-state index is 13.3. The van der Waals surface area contributed by atoms with E-state index in [1.165, 1.54) is 6.42 Å². The van der Waals surface area contributed by atoms with Crippen LogP contribution in [0.25, 0.3) is 0 Å². The van der Waals surface area contributed by atoms with Crippen LogP contribution in [0.5, 0.6) is 5.75 Å². The predicted molar refractivity (Wildman–Crippen MR) is 164 cm³/mol. The Morgan fingerprint density at radius 2 is 1.81 bits per heavy atom. The number of carbonyl (C=O) groups excluding carboxylic acids is 1. The van der Waals surface area contributed by atoms with Crippen molar-refractivity contribution in [1.29, 1.82) is 0 Å². The Morgan fingerprint density at radius 3 is 2.52 bits per heavy atom. The van der Waals surface area contributed by atoms with Crippen LogP contribution < -0.4 is 15.4 Å². The van der Waals surface area contributed by atoms with Crippen LogP contribution in [-0.4, -0.2) is 50.3 Å². The Balaban J connectivity index is 1.14. The molecule has 0 unspecified atom stereocenters. The standard InChI is InChI=1S/C33H36BrN5O3/c34-25-12-13-31-27(17-25)29(19-33(42-31)14-7-15-33)35-21-30(40)28(16-23-8-3-1-4-9-23)37-32(41)18-26-20-36-38-39(26)22-24-10-5-2-6-11-24/h1-6,8-13,17,20,28-30,35,40H,7,14-16,18-19,21-22H2,(H,37,41)/t28-,29-,30+/m0/s1. The Labute approximate surface area is 254 Å². The predicted octanol–water partition coefficient (Wildman–Crippen LogP) is 4.76. The molecule has 1 fully saturated rings. The van der Waals surface area contributed by atoms with Gasteiger partial charge in [0.05, 0.1) is 37.0 Å². The zero-order valence-electron chi connectivity index (χ0n) is 23.5. The molecule has 1 aliphatic heterocycles. The first-order valence-electron chi connectivity index (χ1n) is 14.6. The fourth-order valence-corrected chi connectivity index (χ4v) is 6.36. The number of hydrogen-bond acceptors (Lipinski definition) is 6. The van der Waals surface area contributed by atoms with Gasteiger partial charge in [-0.15, -0.1) is 5.10 Å². The fraction of sp³-hybridized carbons (Fsp3) is 0.364. The normalized spacial score (nSPS) is 18.4. The average molecular weight is 631 g/mol. The van der Waals surface area contributed by atoms with Gasteiger partial charge in [0, 0.05) is 29.0 Å². The molecule has 1 amide bonds. The van der Waals surface area contributed by atoms with Crippen molar-refractivity contribution in [3.8, 4) is 5.75 Å². The fourth-order valence-electron chi connectivity index (χ4n) is 5.99. The molecule has 3 N–H and O–H groups in total. The zero-order valence-corrected chi connectivity index (χ0v) is 25.0. The van der Waals surface area contributed by atoms with Crippen LogP contribution in [0.1, 0.15) is 54.1 Å². The average Bonchev–Trinajstić information content (AvgIpc) is 3.41. The zero-order chi connectivity index (χ0) is 28.9. The molecule has 6 rings (SSSR count). The van der Waals surface area contributed by atoms with Crippen LogP contribution in [0, 0.1) is 0 Å². The lowest BCUT2D eigenvalue weighted by atomic mass is 9.73. The topological polar surface area (TPSA) is 101 Å². The molecule has 1 saturated carbocycles. The molecule has 0 bridgehead atoms. The third kappa shape index (κ3) is 6.75. The van der Waals surface area contributed by atoms with E-state index in [2.05, 4.69) is 42.9 Å². The van der Waals surface area contributed by atoms with E-state index in [9.17, 15) is 9.90 Å². The summed E-state index contributed by atoms with van der Waals surface area (Å²) in [5.41, 5.74) is 3.82. The Morgan fingerprint density at radius 1 is 1.07 bits per heavy atom. The van der Waals surface area contributed by atoms with Gasteiger partial charge >= 0.3 is 0 Å². The van der Waals surface area contributed by atoms with E-state index in [1.54, 1.807) is 10.9 Å². The molecule has 0 radical (unpaired) electrons. The van der Waals surface area contributed by atoms with Gasteiger partial charge in [-0.1, -0.05) is 81.8 Å². The van der Waals surface area contributed by atoms with Gasteiger partial charge in [0.15, 0.2) is 0 Å². The lowest BCUT2D eigenvalue weighted by molar-refractivity contribution is -0.122. The number of nitrogens with one attached hydrogen (secondary N) is 2. The third-order valence-electron chi connectivity index (χ3n) is 8.41. The van der Waals surface area contributed by atoms with Crippen molar-refractivity contribution in [3.63, 3.8) is 0 Å². The van der Waals surface area contributed by atoms with Gasteiger partial charge in [-0.05, 0) is 55.0 Å². The first-order valence-corrected chi connectivity index (χ1v) is 15.4. The molecular weight excluding hydrogens is 594 g/mol. The summed E-state index contributed by atoms with van der Waals surface area (Å²) >= 11 is 3.60. The highest BCUT2D eigenvalue weighted by molar-refractivity contribution is 9.10. The highest BCUT2D eigenvalue weighted by Gasteiger charge is 2.45. The van der Waals surface area contributed by atoms with Crippen molar-refractivity contribution >= 4 is 21.8 Å². The number of halogens is 1. The van der Waals surface area contributed by atoms with E-state index >= 15 is 0 Å². The number of rotatable bonds is 11. The maximum absolute atomic E-state index is 13.3. The van der Waals surface area contributed by atoms with E-state index in [-0.39, 0.29) is 24.0 Å².